The molecule has 0 saturated carbocycles. The van der Waals surface area contributed by atoms with Crippen molar-refractivity contribution in [1.29, 1.82) is 0 Å². The third-order valence-corrected chi connectivity index (χ3v) is 3.31. The number of piperazine rings is 1. The van der Waals surface area contributed by atoms with Gasteiger partial charge in [0.1, 0.15) is 23.6 Å². The third-order valence-electron chi connectivity index (χ3n) is 3.31. The van der Waals surface area contributed by atoms with Gasteiger partial charge in [0, 0.05) is 19.2 Å². The monoisotopic (exact) mass is 294 g/mol. The molecule has 1 fully saturated rings. The van der Waals surface area contributed by atoms with E-state index in [1.807, 2.05) is 6.92 Å². The zero-order valence-electron chi connectivity index (χ0n) is 11.3. The number of amides is 1. The minimum absolute atomic E-state index is 0.166. The SMILES string of the molecule is CCC1C(=O)NCCN1c1cc(C(=O)O)c([N+](=O)[O-])cn1. The molecule has 0 spiro atoms. The molecule has 0 aliphatic carbocycles. The number of hydrogen-bond acceptors (Lipinski definition) is 6. The molecule has 0 aromatic carbocycles. The predicted molar refractivity (Wildman–Crippen MR) is 72.3 cm³/mol. The fourth-order valence-corrected chi connectivity index (χ4v) is 2.31. The van der Waals surface area contributed by atoms with Crippen molar-refractivity contribution in [2.45, 2.75) is 19.4 Å². The molecule has 1 atom stereocenters. The van der Waals surface area contributed by atoms with E-state index in [4.69, 9.17) is 5.11 Å². The molecule has 1 aliphatic rings. The summed E-state index contributed by atoms with van der Waals surface area (Å²) in [6.45, 7) is 2.70. The van der Waals surface area contributed by atoms with Crippen LogP contribution in [0.4, 0.5) is 11.5 Å². The number of aromatic nitrogens is 1. The minimum atomic E-state index is -1.40. The van der Waals surface area contributed by atoms with E-state index in [-0.39, 0.29) is 11.7 Å². The van der Waals surface area contributed by atoms with Crippen molar-refractivity contribution < 1.29 is 19.6 Å². The Kier molecular flexibility index (Phi) is 4.01. The maximum absolute atomic E-state index is 11.8. The van der Waals surface area contributed by atoms with E-state index in [1.165, 1.54) is 0 Å². The van der Waals surface area contributed by atoms with E-state index in [0.29, 0.717) is 19.5 Å². The molecule has 112 valence electrons. The molecule has 9 heteroatoms. The number of nitrogens with one attached hydrogen (secondary N) is 1. The van der Waals surface area contributed by atoms with Crippen molar-refractivity contribution in [3.05, 3.63) is 27.9 Å². The Balaban J connectivity index is 2.44. The van der Waals surface area contributed by atoms with Crippen molar-refractivity contribution in [2.75, 3.05) is 18.0 Å². The first-order valence-electron chi connectivity index (χ1n) is 6.37. The number of carbonyl (C=O) groups is 2. The number of carbonyl (C=O) groups excluding carboxylic acids is 1. The number of nitro groups is 1. The van der Waals surface area contributed by atoms with Gasteiger partial charge in [0.25, 0.3) is 0 Å². The van der Waals surface area contributed by atoms with Crippen LogP contribution in [0.25, 0.3) is 0 Å². The number of anilines is 1. The Hall–Kier alpha value is -2.71. The van der Waals surface area contributed by atoms with Gasteiger partial charge in [0.15, 0.2) is 0 Å². The predicted octanol–water partition coefficient (Wildman–Crippen LogP) is 0.403. The molecule has 1 amide bonds. The lowest BCUT2D eigenvalue weighted by Gasteiger charge is -2.35. The highest BCUT2D eigenvalue weighted by Gasteiger charge is 2.31. The van der Waals surface area contributed by atoms with Gasteiger partial charge in [0.2, 0.25) is 5.91 Å². The Morgan fingerprint density at radius 1 is 1.67 bits per heavy atom. The Morgan fingerprint density at radius 2 is 2.38 bits per heavy atom. The van der Waals surface area contributed by atoms with Crippen LogP contribution in [0.1, 0.15) is 23.7 Å². The largest absolute Gasteiger partial charge is 0.477 e. The molecule has 1 aromatic rings. The van der Waals surface area contributed by atoms with Crippen LogP contribution in [-0.2, 0) is 4.79 Å². The molecule has 1 saturated heterocycles. The Bertz CT molecular complexity index is 603. The zero-order chi connectivity index (χ0) is 15.6. The van der Waals surface area contributed by atoms with Crippen LogP contribution in [0.2, 0.25) is 0 Å². The van der Waals surface area contributed by atoms with E-state index in [9.17, 15) is 19.7 Å². The molecule has 0 radical (unpaired) electrons. The van der Waals surface area contributed by atoms with Gasteiger partial charge < -0.3 is 15.3 Å². The van der Waals surface area contributed by atoms with Gasteiger partial charge in [-0.15, -0.1) is 0 Å². The van der Waals surface area contributed by atoms with Gasteiger partial charge in [-0.25, -0.2) is 9.78 Å². The number of carboxylic acids is 1. The normalized spacial score (nSPS) is 18.2. The second-order valence-electron chi connectivity index (χ2n) is 4.53. The van der Waals surface area contributed by atoms with Crippen molar-refractivity contribution in [1.82, 2.24) is 10.3 Å². The topological polar surface area (TPSA) is 126 Å². The quantitative estimate of drug-likeness (QED) is 0.608. The molecular weight excluding hydrogens is 280 g/mol. The number of hydrogen-bond donors (Lipinski definition) is 2. The van der Waals surface area contributed by atoms with Crippen LogP contribution >= 0.6 is 0 Å². The molecular formula is C12H14N4O5. The second-order valence-corrected chi connectivity index (χ2v) is 4.53. The lowest BCUT2D eigenvalue weighted by molar-refractivity contribution is -0.385. The molecule has 2 heterocycles. The first kappa shape index (κ1) is 14.7. The standard InChI is InChI=1S/C12H14N4O5/c1-2-8-11(17)13-3-4-15(8)10-5-7(12(18)19)9(6-14-10)16(20)21/h5-6,8H,2-4H2,1H3,(H,13,17)(H,18,19). The van der Waals surface area contributed by atoms with E-state index >= 15 is 0 Å². The highest BCUT2D eigenvalue weighted by atomic mass is 16.6. The van der Waals surface area contributed by atoms with Gasteiger partial charge in [-0.05, 0) is 6.42 Å². The highest BCUT2D eigenvalue weighted by Crippen LogP contribution is 2.25. The van der Waals surface area contributed by atoms with Crippen LogP contribution in [-0.4, -0.2) is 46.0 Å². The van der Waals surface area contributed by atoms with Crippen LogP contribution in [0.15, 0.2) is 12.3 Å². The van der Waals surface area contributed by atoms with Gasteiger partial charge in [0.05, 0.1) is 4.92 Å². The summed E-state index contributed by atoms with van der Waals surface area (Å²) in [5.41, 5.74) is -1.01. The molecule has 21 heavy (non-hydrogen) atoms. The zero-order valence-corrected chi connectivity index (χ0v) is 11.3. The van der Waals surface area contributed by atoms with Crippen LogP contribution in [0.5, 0.6) is 0 Å². The maximum atomic E-state index is 11.8. The summed E-state index contributed by atoms with van der Waals surface area (Å²) in [5, 5.41) is 22.6. The lowest BCUT2D eigenvalue weighted by Crippen LogP contribution is -2.55. The number of carboxylic acid groups (broad SMARTS) is 1. The second kappa shape index (κ2) is 5.73. The van der Waals surface area contributed by atoms with Crippen molar-refractivity contribution in [3.8, 4) is 0 Å². The smallest absolute Gasteiger partial charge is 0.342 e. The third kappa shape index (κ3) is 2.76. The molecule has 1 unspecified atom stereocenters. The van der Waals surface area contributed by atoms with Crippen molar-refractivity contribution in [3.63, 3.8) is 0 Å². The molecule has 1 aromatic heterocycles. The fourth-order valence-electron chi connectivity index (χ4n) is 2.31. The summed E-state index contributed by atoms with van der Waals surface area (Å²) in [4.78, 5) is 38.6. The Labute approximate surface area is 119 Å². The summed E-state index contributed by atoms with van der Waals surface area (Å²) in [7, 11) is 0. The molecule has 2 N–H and O–H groups in total. The highest BCUT2D eigenvalue weighted by molar-refractivity contribution is 5.93. The first-order valence-corrected chi connectivity index (χ1v) is 6.37. The van der Waals surface area contributed by atoms with Gasteiger partial charge in [-0.3, -0.25) is 14.9 Å². The number of aromatic carboxylic acids is 1. The summed E-state index contributed by atoms with van der Waals surface area (Å²) in [5.74, 6) is -1.32. The molecule has 9 nitrogen and oxygen atoms in total. The fraction of sp³-hybridized carbons (Fsp3) is 0.417. The van der Waals surface area contributed by atoms with E-state index in [2.05, 4.69) is 10.3 Å². The average Bonchev–Trinajstić information content (AvgIpc) is 2.46. The summed E-state index contributed by atoms with van der Waals surface area (Å²) >= 11 is 0. The van der Waals surface area contributed by atoms with Crippen LogP contribution in [0, 0.1) is 10.1 Å². The van der Waals surface area contributed by atoms with Crippen LogP contribution < -0.4 is 10.2 Å². The van der Waals surface area contributed by atoms with Gasteiger partial charge >= 0.3 is 11.7 Å². The molecule has 2 rings (SSSR count). The molecule has 1 aliphatic heterocycles. The van der Waals surface area contributed by atoms with Gasteiger partial charge in [-0.1, -0.05) is 6.92 Å². The van der Waals surface area contributed by atoms with Gasteiger partial charge in [-0.2, -0.15) is 0 Å². The lowest BCUT2D eigenvalue weighted by atomic mass is 10.1. The number of pyridine rings is 1. The van der Waals surface area contributed by atoms with Crippen LogP contribution in [0.3, 0.4) is 0 Å². The number of nitrogens with zero attached hydrogens (tertiary/aromatic N) is 3. The first-order chi connectivity index (χ1) is 9.95. The summed E-state index contributed by atoms with van der Waals surface area (Å²) in [6, 6.07) is 0.677. The summed E-state index contributed by atoms with van der Waals surface area (Å²) < 4.78 is 0. The van der Waals surface area contributed by atoms with E-state index in [0.717, 1.165) is 12.3 Å². The van der Waals surface area contributed by atoms with Crippen molar-refractivity contribution in [2.24, 2.45) is 0 Å². The summed E-state index contributed by atoms with van der Waals surface area (Å²) in [6.07, 6.45) is 1.44. The number of rotatable bonds is 4. The van der Waals surface area contributed by atoms with E-state index < -0.39 is 28.2 Å². The Morgan fingerprint density at radius 3 is 2.95 bits per heavy atom. The minimum Gasteiger partial charge on any atom is -0.477 e. The van der Waals surface area contributed by atoms with E-state index in [1.54, 1.807) is 4.90 Å². The molecule has 0 bridgehead atoms. The average molecular weight is 294 g/mol. The van der Waals surface area contributed by atoms with Crippen molar-refractivity contribution >= 4 is 23.4 Å². The maximum Gasteiger partial charge on any atom is 0.342 e.